The summed E-state index contributed by atoms with van der Waals surface area (Å²) in [7, 11) is 0. The number of nitrogens with one attached hydrogen (secondary N) is 2. The molecule has 1 aromatic carbocycles. The van der Waals surface area contributed by atoms with Gasteiger partial charge >= 0.3 is 5.69 Å². The van der Waals surface area contributed by atoms with E-state index in [0.29, 0.717) is 11.7 Å². The van der Waals surface area contributed by atoms with Gasteiger partial charge in [0.1, 0.15) is 6.33 Å². The average molecular weight is 413 g/mol. The standard InChI is InChI=1S/C18H16N6O2S2/c1-11-4-5-13-14(9-11)28-18(22-13)23-17-15(24(25)26)16(20-10-21-17)19-7-6-12-3-2-8-27-12/h2-5,8-10H,6-7H2,1H3,(H2,19,20,21,22,23). The predicted molar refractivity (Wildman–Crippen MR) is 113 cm³/mol. The Morgan fingerprint density at radius 3 is 2.86 bits per heavy atom. The zero-order valence-corrected chi connectivity index (χ0v) is 16.5. The van der Waals surface area contributed by atoms with Gasteiger partial charge in [-0.15, -0.1) is 11.3 Å². The third-order valence-corrected chi connectivity index (χ3v) is 5.89. The number of thiazole rings is 1. The van der Waals surface area contributed by atoms with Gasteiger partial charge in [-0.25, -0.2) is 15.0 Å². The Labute approximate surface area is 168 Å². The molecule has 28 heavy (non-hydrogen) atoms. The van der Waals surface area contributed by atoms with E-state index in [2.05, 4.69) is 25.6 Å². The van der Waals surface area contributed by atoms with Crippen molar-refractivity contribution in [3.05, 3.63) is 62.6 Å². The highest BCUT2D eigenvalue weighted by molar-refractivity contribution is 7.22. The second-order valence-electron chi connectivity index (χ2n) is 6.05. The number of benzene rings is 1. The van der Waals surface area contributed by atoms with Crippen molar-refractivity contribution in [1.82, 2.24) is 15.0 Å². The molecule has 0 saturated heterocycles. The Hall–Kier alpha value is -3.11. The molecule has 0 aliphatic rings. The fraction of sp³-hybridized carbons (Fsp3) is 0.167. The lowest BCUT2D eigenvalue weighted by atomic mass is 10.2. The zero-order valence-electron chi connectivity index (χ0n) is 14.9. The van der Waals surface area contributed by atoms with Crippen LogP contribution in [-0.4, -0.2) is 26.4 Å². The number of thiophene rings is 1. The molecule has 0 atom stereocenters. The molecule has 3 aromatic heterocycles. The lowest BCUT2D eigenvalue weighted by Crippen LogP contribution is -2.10. The molecular formula is C18H16N6O2S2. The Balaban J connectivity index is 1.57. The molecule has 8 nitrogen and oxygen atoms in total. The number of nitrogens with zero attached hydrogens (tertiary/aromatic N) is 4. The second kappa shape index (κ2) is 7.87. The van der Waals surface area contributed by atoms with Crippen LogP contribution in [0.2, 0.25) is 0 Å². The van der Waals surface area contributed by atoms with Crippen molar-refractivity contribution < 1.29 is 4.92 Å². The molecule has 4 rings (SSSR count). The van der Waals surface area contributed by atoms with Gasteiger partial charge in [-0.1, -0.05) is 23.5 Å². The molecule has 0 bridgehead atoms. The smallest absolute Gasteiger partial charge is 0.353 e. The van der Waals surface area contributed by atoms with E-state index in [1.165, 1.54) is 22.5 Å². The highest BCUT2D eigenvalue weighted by Gasteiger charge is 2.23. The lowest BCUT2D eigenvalue weighted by Gasteiger charge is -2.08. The first kappa shape index (κ1) is 18.3. The van der Waals surface area contributed by atoms with Gasteiger partial charge in [-0.3, -0.25) is 10.1 Å². The summed E-state index contributed by atoms with van der Waals surface area (Å²) in [5, 5.41) is 20.3. The summed E-state index contributed by atoms with van der Waals surface area (Å²) in [6.45, 7) is 2.55. The Bertz CT molecular complexity index is 1130. The van der Waals surface area contributed by atoms with Crippen LogP contribution in [0.15, 0.2) is 42.0 Å². The van der Waals surface area contributed by atoms with E-state index in [1.54, 1.807) is 11.3 Å². The van der Waals surface area contributed by atoms with Crippen LogP contribution >= 0.6 is 22.7 Å². The van der Waals surface area contributed by atoms with E-state index in [1.807, 2.05) is 42.6 Å². The Morgan fingerprint density at radius 2 is 2.07 bits per heavy atom. The van der Waals surface area contributed by atoms with Crippen LogP contribution in [0.4, 0.5) is 22.5 Å². The number of hydrogen-bond donors (Lipinski definition) is 2. The van der Waals surface area contributed by atoms with Crippen molar-refractivity contribution in [3.63, 3.8) is 0 Å². The van der Waals surface area contributed by atoms with Crippen LogP contribution < -0.4 is 10.6 Å². The van der Waals surface area contributed by atoms with E-state index in [4.69, 9.17) is 0 Å². The number of aromatic nitrogens is 3. The monoisotopic (exact) mass is 412 g/mol. The predicted octanol–water partition coefficient (Wildman–Crippen LogP) is 4.76. The van der Waals surface area contributed by atoms with Gasteiger partial charge < -0.3 is 10.6 Å². The molecule has 0 unspecified atom stereocenters. The number of fused-ring (bicyclic) bond motifs is 1. The lowest BCUT2D eigenvalue weighted by molar-refractivity contribution is -0.383. The van der Waals surface area contributed by atoms with Gasteiger partial charge in [-0.05, 0) is 42.5 Å². The maximum Gasteiger partial charge on any atom is 0.353 e. The Kier molecular flexibility index (Phi) is 5.13. The van der Waals surface area contributed by atoms with Crippen molar-refractivity contribution in [2.75, 3.05) is 17.2 Å². The summed E-state index contributed by atoms with van der Waals surface area (Å²) < 4.78 is 1.01. The Morgan fingerprint density at radius 1 is 1.21 bits per heavy atom. The average Bonchev–Trinajstić information content (AvgIpc) is 3.30. The summed E-state index contributed by atoms with van der Waals surface area (Å²) in [5.74, 6) is 0.311. The third kappa shape index (κ3) is 3.92. The molecule has 0 amide bonds. The molecule has 10 heteroatoms. The van der Waals surface area contributed by atoms with Crippen LogP contribution in [0, 0.1) is 17.0 Å². The first-order chi connectivity index (χ1) is 13.6. The van der Waals surface area contributed by atoms with Gasteiger partial charge in [0, 0.05) is 11.4 Å². The number of hydrogen-bond acceptors (Lipinski definition) is 9. The van der Waals surface area contributed by atoms with Crippen molar-refractivity contribution in [2.24, 2.45) is 0 Å². The van der Waals surface area contributed by atoms with E-state index in [0.717, 1.165) is 22.2 Å². The first-order valence-corrected chi connectivity index (χ1v) is 10.2. The second-order valence-corrected chi connectivity index (χ2v) is 8.11. The summed E-state index contributed by atoms with van der Waals surface area (Å²) in [5.41, 5.74) is 1.78. The molecule has 142 valence electrons. The molecule has 3 heterocycles. The summed E-state index contributed by atoms with van der Waals surface area (Å²) in [6, 6.07) is 9.95. The van der Waals surface area contributed by atoms with Gasteiger partial charge in [0.05, 0.1) is 15.1 Å². The van der Waals surface area contributed by atoms with Gasteiger partial charge in [0.15, 0.2) is 5.13 Å². The highest BCUT2D eigenvalue weighted by atomic mass is 32.1. The van der Waals surface area contributed by atoms with Crippen molar-refractivity contribution >= 4 is 55.3 Å². The minimum atomic E-state index is -0.479. The minimum absolute atomic E-state index is 0.120. The first-order valence-electron chi connectivity index (χ1n) is 8.50. The highest BCUT2D eigenvalue weighted by Crippen LogP contribution is 2.34. The fourth-order valence-corrected chi connectivity index (χ4v) is 4.39. The van der Waals surface area contributed by atoms with E-state index in [-0.39, 0.29) is 17.3 Å². The summed E-state index contributed by atoms with van der Waals surface area (Å²) in [4.78, 5) is 25.0. The summed E-state index contributed by atoms with van der Waals surface area (Å²) in [6.07, 6.45) is 2.07. The summed E-state index contributed by atoms with van der Waals surface area (Å²) >= 11 is 3.07. The molecule has 2 N–H and O–H groups in total. The number of rotatable bonds is 7. The van der Waals surface area contributed by atoms with Crippen LogP contribution in [-0.2, 0) is 6.42 Å². The van der Waals surface area contributed by atoms with Crippen LogP contribution in [0.25, 0.3) is 10.2 Å². The maximum absolute atomic E-state index is 11.7. The molecule has 0 radical (unpaired) electrons. The molecule has 0 aliphatic carbocycles. The quantitative estimate of drug-likeness (QED) is 0.333. The molecule has 0 aliphatic heterocycles. The van der Waals surface area contributed by atoms with Crippen molar-refractivity contribution in [2.45, 2.75) is 13.3 Å². The van der Waals surface area contributed by atoms with E-state index in [9.17, 15) is 10.1 Å². The van der Waals surface area contributed by atoms with Crippen molar-refractivity contribution in [1.29, 1.82) is 0 Å². The molecule has 0 fully saturated rings. The van der Waals surface area contributed by atoms with Gasteiger partial charge in [-0.2, -0.15) is 0 Å². The number of aryl methyl sites for hydroxylation is 1. The number of anilines is 3. The normalized spacial score (nSPS) is 10.9. The van der Waals surface area contributed by atoms with Crippen LogP contribution in [0.1, 0.15) is 10.4 Å². The van der Waals surface area contributed by atoms with Crippen LogP contribution in [0.5, 0.6) is 0 Å². The van der Waals surface area contributed by atoms with Gasteiger partial charge in [0.25, 0.3) is 0 Å². The number of nitro groups is 1. The molecule has 4 aromatic rings. The van der Waals surface area contributed by atoms with E-state index < -0.39 is 4.92 Å². The van der Waals surface area contributed by atoms with Gasteiger partial charge in [0.2, 0.25) is 11.6 Å². The molecular weight excluding hydrogens is 396 g/mol. The van der Waals surface area contributed by atoms with Crippen LogP contribution in [0.3, 0.4) is 0 Å². The SMILES string of the molecule is Cc1ccc2nc(Nc3ncnc(NCCc4cccs4)c3[N+](=O)[O-])sc2c1. The zero-order chi connectivity index (χ0) is 19.5. The minimum Gasteiger partial charge on any atom is -0.364 e. The molecule has 0 saturated carbocycles. The maximum atomic E-state index is 11.7. The third-order valence-electron chi connectivity index (χ3n) is 4.02. The van der Waals surface area contributed by atoms with Crippen molar-refractivity contribution in [3.8, 4) is 0 Å². The molecule has 0 spiro atoms. The topological polar surface area (TPSA) is 106 Å². The van der Waals surface area contributed by atoms with E-state index >= 15 is 0 Å². The fourth-order valence-electron chi connectivity index (χ4n) is 2.72. The largest absolute Gasteiger partial charge is 0.364 e.